The van der Waals surface area contributed by atoms with Crippen LogP contribution in [0.3, 0.4) is 0 Å². The van der Waals surface area contributed by atoms with Crippen molar-refractivity contribution >= 4 is 28.7 Å². The van der Waals surface area contributed by atoms with E-state index in [0.717, 1.165) is 30.4 Å². The van der Waals surface area contributed by atoms with Crippen molar-refractivity contribution in [1.82, 2.24) is 19.5 Å². The van der Waals surface area contributed by atoms with Gasteiger partial charge in [0.05, 0.1) is 12.9 Å². The van der Waals surface area contributed by atoms with Crippen molar-refractivity contribution in [3.8, 4) is 0 Å². The van der Waals surface area contributed by atoms with Crippen molar-refractivity contribution in [2.75, 3.05) is 36.1 Å². The van der Waals surface area contributed by atoms with Crippen LogP contribution >= 0.6 is 11.8 Å². The third-order valence-electron chi connectivity index (χ3n) is 4.44. The Morgan fingerprint density at radius 1 is 1.17 bits per heavy atom. The van der Waals surface area contributed by atoms with Crippen LogP contribution in [0.25, 0.3) is 11.2 Å². The van der Waals surface area contributed by atoms with Crippen LogP contribution in [0.5, 0.6) is 0 Å². The molecule has 10 heteroatoms. The minimum Gasteiger partial charge on any atom is -0.394 e. The summed E-state index contributed by atoms with van der Waals surface area (Å²) in [6, 6.07) is 0. The van der Waals surface area contributed by atoms with Crippen LogP contribution in [-0.4, -0.2) is 84.4 Å². The number of thioether (sulfide) groups is 1. The van der Waals surface area contributed by atoms with E-state index in [-0.39, 0.29) is 6.61 Å². The predicted octanol–water partition coefficient (Wildman–Crippen LogP) is -1.01. The molecule has 1 unspecified atom stereocenters. The molecule has 2 saturated heterocycles. The number of imidazole rings is 1. The summed E-state index contributed by atoms with van der Waals surface area (Å²) in [6.07, 6.45) is -0.993. The SMILES string of the molecule is OC[C@H]1OC(n2cnc3c(N4CCSCC4)ncnc32)[C@H](O)[C@@H]1O. The number of fused-ring (bicyclic) bond motifs is 1. The molecule has 2 aromatic heterocycles. The number of anilines is 1. The lowest BCUT2D eigenvalue weighted by molar-refractivity contribution is -0.0511. The third kappa shape index (κ3) is 2.54. The van der Waals surface area contributed by atoms with Crippen molar-refractivity contribution in [1.29, 1.82) is 0 Å². The van der Waals surface area contributed by atoms with Gasteiger partial charge in [0.2, 0.25) is 0 Å². The van der Waals surface area contributed by atoms with Gasteiger partial charge in [-0.25, -0.2) is 15.0 Å². The number of aliphatic hydroxyl groups is 3. The van der Waals surface area contributed by atoms with E-state index in [0.29, 0.717) is 11.2 Å². The van der Waals surface area contributed by atoms with Gasteiger partial charge in [-0.3, -0.25) is 4.57 Å². The van der Waals surface area contributed by atoms with Crippen molar-refractivity contribution < 1.29 is 20.1 Å². The van der Waals surface area contributed by atoms with Crippen molar-refractivity contribution in [3.63, 3.8) is 0 Å². The van der Waals surface area contributed by atoms with E-state index in [2.05, 4.69) is 19.9 Å². The summed E-state index contributed by atoms with van der Waals surface area (Å²) in [5, 5.41) is 29.4. The summed E-state index contributed by atoms with van der Waals surface area (Å²) in [5.41, 5.74) is 1.18. The molecule has 2 aliphatic heterocycles. The molecule has 0 bridgehead atoms. The van der Waals surface area contributed by atoms with Gasteiger partial charge in [-0.1, -0.05) is 0 Å². The smallest absolute Gasteiger partial charge is 0.167 e. The van der Waals surface area contributed by atoms with E-state index in [9.17, 15) is 15.3 Å². The second-order valence-electron chi connectivity index (χ2n) is 5.85. The lowest BCUT2D eigenvalue weighted by Crippen LogP contribution is -2.33. The minimum absolute atomic E-state index is 0.368. The molecule has 130 valence electrons. The summed E-state index contributed by atoms with van der Waals surface area (Å²) in [7, 11) is 0. The lowest BCUT2D eigenvalue weighted by Gasteiger charge is -2.27. The highest BCUT2D eigenvalue weighted by atomic mass is 32.2. The normalized spacial score (nSPS) is 31.0. The first kappa shape index (κ1) is 16.0. The summed E-state index contributed by atoms with van der Waals surface area (Å²) < 4.78 is 7.15. The fourth-order valence-corrected chi connectivity index (χ4v) is 4.05. The van der Waals surface area contributed by atoms with E-state index in [1.807, 2.05) is 11.8 Å². The van der Waals surface area contributed by atoms with Crippen LogP contribution in [0.4, 0.5) is 5.82 Å². The highest BCUT2D eigenvalue weighted by Gasteiger charge is 2.44. The maximum Gasteiger partial charge on any atom is 0.167 e. The zero-order chi connectivity index (χ0) is 16.7. The minimum atomic E-state index is -1.16. The van der Waals surface area contributed by atoms with Crippen LogP contribution in [0.2, 0.25) is 0 Å². The molecule has 4 rings (SSSR count). The van der Waals surface area contributed by atoms with Crippen LogP contribution < -0.4 is 4.90 Å². The summed E-state index contributed by atoms with van der Waals surface area (Å²) in [5.74, 6) is 2.85. The molecular weight excluding hydrogens is 334 g/mol. The van der Waals surface area contributed by atoms with Gasteiger partial charge < -0.3 is 25.0 Å². The van der Waals surface area contributed by atoms with Gasteiger partial charge in [-0.2, -0.15) is 11.8 Å². The molecule has 0 spiro atoms. The first-order chi connectivity index (χ1) is 11.7. The van der Waals surface area contributed by atoms with Crippen molar-refractivity contribution in [3.05, 3.63) is 12.7 Å². The Morgan fingerprint density at radius 2 is 1.96 bits per heavy atom. The topological polar surface area (TPSA) is 117 Å². The average Bonchev–Trinajstić information content (AvgIpc) is 3.17. The Morgan fingerprint density at radius 3 is 2.67 bits per heavy atom. The van der Waals surface area contributed by atoms with Crippen LogP contribution in [0.1, 0.15) is 6.23 Å². The Balaban J connectivity index is 1.71. The molecule has 9 nitrogen and oxygen atoms in total. The predicted molar refractivity (Wildman–Crippen MR) is 87.9 cm³/mol. The number of hydrogen-bond donors (Lipinski definition) is 3. The monoisotopic (exact) mass is 353 g/mol. The lowest BCUT2D eigenvalue weighted by atomic mass is 10.1. The molecule has 0 saturated carbocycles. The Hall–Kier alpha value is -1.46. The van der Waals surface area contributed by atoms with Crippen molar-refractivity contribution in [2.24, 2.45) is 0 Å². The van der Waals surface area contributed by atoms with E-state index >= 15 is 0 Å². The zero-order valence-electron chi connectivity index (χ0n) is 12.9. The molecule has 4 atom stereocenters. The first-order valence-electron chi connectivity index (χ1n) is 7.83. The Bertz CT molecular complexity index is 722. The maximum atomic E-state index is 10.2. The third-order valence-corrected chi connectivity index (χ3v) is 5.38. The number of nitrogens with zero attached hydrogens (tertiary/aromatic N) is 5. The van der Waals surface area contributed by atoms with E-state index < -0.39 is 24.5 Å². The molecule has 0 aromatic carbocycles. The molecule has 3 N–H and O–H groups in total. The fraction of sp³-hybridized carbons (Fsp3) is 0.643. The van der Waals surface area contributed by atoms with Crippen LogP contribution in [0.15, 0.2) is 12.7 Å². The molecule has 0 radical (unpaired) electrons. The Labute approximate surface area is 142 Å². The van der Waals surface area contributed by atoms with Crippen LogP contribution in [0, 0.1) is 0 Å². The molecular formula is C14H19N5O4S. The summed E-state index contributed by atoms with van der Waals surface area (Å²) in [4.78, 5) is 15.2. The number of hydrogen-bond acceptors (Lipinski definition) is 9. The van der Waals surface area contributed by atoms with E-state index in [1.165, 1.54) is 12.7 Å². The van der Waals surface area contributed by atoms with Crippen LogP contribution in [-0.2, 0) is 4.74 Å². The molecule has 2 fully saturated rings. The molecule has 24 heavy (non-hydrogen) atoms. The number of ether oxygens (including phenoxy) is 1. The van der Waals surface area contributed by atoms with Gasteiger partial charge in [0.15, 0.2) is 23.2 Å². The van der Waals surface area contributed by atoms with Gasteiger partial charge in [0.1, 0.15) is 24.6 Å². The second-order valence-corrected chi connectivity index (χ2v) is 7.07. The second kappa shape index (κ2) is 6.45. The highest BCUT2D eigenvalue weighted by Crippen LogP contribution is 2.32. The molecule has 0 amide bonds. The average molecular weight is 353 g/mol. The molecule has 0 aliphatic carbocycles. The van der Waals surface area contributed by atoms with E-state index in [1.54, 1.807) is 4.57 Å². The van der Waals surface area contributed by atoms with Gasteiger partial charge in [-0.15, -0.1) is 0 Å². The molecule has 4 heterocycles. The quantitative estimate of drug-likeness (QED) is 0.638. The number of aromatic nitrogens is 4. The fourth-order valence-electron chi connectivity index (χ4n) is 3.14. The van der Waals surface area contributed by atoms with Gasteiger partial charge in [0.25, 0.3) is 0 Å². The zero-order valence-corrected chi connectivity index (χ0v) is 13.7. The maximum absolute atomic E-state index is 10.2. The largest absolute Gasteiger partial charge is 0.394 e. The first-order valence-corrected chi connectivity index (χ1v) is 8.99. The van der Waals surface area contributed by atoms with Gasteiger partial charge >= 0.3 is 0 Å². The standard InChI is InChI=1S/C14H19N5O4S/c20-5-8-10(21)11(22)14(23-8)19-7-17-9-12(15-6-16-13(9)19)18-1-3-24-4-2-18/h6-8,10-11,14,20-22H,1-5H2/t8-,10-,11-,14?/m1/s1. The molecule has 2 aromatic rings. The number of aliphatic hydroxyl groups excluding tert-OH is 3. The number of rotatable bonds is 3. The molecule has 2 aliphatic rings. The van der Waals surface area contributed by atoms with Crippen molar-refractivity contribution in [2.45, 2.75) is 24.5 Å². The van der Waals surface area contributed by atoms with E-state index in [4.69, 9.17) is 4.74 Å². The van der Waals surface area contributed by atoms with Gasteiger partial charge in [-0.05, 0) is 0 Å². The highest BCUT2D eigenvalue weighted by molar-refractivity contribution is 7.99. The summed E-state index contributed by atoms with van der Waals surface area (Å²) >= 11 is 1.91. The summed E-state index contributed by atoms with van der Waals surface area (Å²) in [6.45, 7) is 1.43. The Kier molecular flexibility index (Phi) is 4.31. The van der Waals surface area contributed by atoms with Gasteiger partial charge in [0, 0.05) is 24.6 Å².